The van der Waals surface area contributed by atoms with Gasteiger partial charge in [-0.15, -0.1) is 0 Å². The average Bonchev–Trinajstić information content (AvgIpc) is 3.01. The summed E-state index contributed by atoms with van der Waals surface area (Å²) in [6.07, 6.45) is 1.82. The van der Waals surface area contributed by atoms with Gasteiger partial charge < -0.3 is 5.32 Å². The number of carbonyl (C=O) groups excluding carboxylic acids is 1. The van der Waals surface area contributed by atoms with Gasteiger partial charge in [0.1, 0.15) is 6.54 Å². The van der Waals surface area contributed by atoms with Crippen LogP contribution >= 0.6 is 12.2 Å². The maximum atomic E-state index is 12.5. The quantitative estimate of drug-likeness (QED) is 0.608. The zero-order valence-electron chi connectivity index (χ0n) is 15.6. The fourth-order valence-electron chi connectivity index (χ4n) is 3.03. The van der Waals surface area contributed by atoms with E-state index < -0.39 is 0 Å². The third-order valence-electron chi connectivity index (χ3n) is 4.45. The summed E-state index contributed by atoms with van der Waals surface area (Å²) < 4.78 is 2.18. The van der Waals surface area contributed by atoms with E-state index in [1.165, 1.54) is 5.56 Å². The van der Waals surface area contributed by atoms with Gasteiger partial charge in [0.05, 0.1) is 0 Å². The van der Waals surface area contributed by atoms with Gasteiger partial charge in [-0.25, -0.2) is 0 Å². The molecule has 0 aliphatic carbocycles. The lowest BCUT2D eigenvalue weighted by Gasteiger charge is -2.15. The Balaban J connectivity index is 1.63. The van der Waals surface area contributed by atoms with Gasteiger partial charge in [-0.2, -0.15) is 5.10 Å². The molecule has 0 bridgehead atoms. The van der Waals surface area contributed by atoms with E-state index in [2.05, 4.69) is 27.6 Å². The van der Waals surface area contributed by atoms with Crippen LogP contribution in [-0.4, -0.2) is 26.7 Å². The van der Waals surface area contributed by atoms with Crippen molar-refractivity contribution < 1.29 is 4.79 Å². The molecular weight excluding hydrogens is 356 g/mol. The van der Waals surface area contributed by atoms with Crippen LogP contribution in [0.5, 0.6) is 0 Å². The van der Waals surface area contributed by atoms with Crippen LogP contribution in [0.3, 0.4) is 0 Å². The molecule has 140 valence electrons. The summed E-state index contributed by atoms with van der Waals surface area (Å²) in [6.45, 7) is 4.20. The normalized spacial score (nSPS) is 11.9. The van der Waals surface area contributed by atoms with E-state index in [9.17, 15) is 4.79 Å². The predicted molar refractivity (Wildman–Crippen MR) is 110 cm³/mol. The average molecular weight is 381 g/mol. The molecule has 0 saturated carbocycles. The van der Waals surface area contributed by atoms with Crippen LogP contribution in [0.2, 0.25) is 0 Å². The van der Waals surface area contributed by atoms with Gasteiger partial charge in [0.25, 0.3) is 0 Å². The van der Waals surface area contributed by atoms with Crippen molar-refractivity contribution in [2.75, 3.05) is 0 Å². The number of hydrogen-bond acceptors (Lipinski definition) is 3. The molecule has 5 nitrogen and oxygen atoms in total. The first kappa shape index (κ1) is 19.0. The summed E-state index contributed by atoms with van der Waals surface area (Å²) in [5.74, 6) is 0.609. The fourth-order valence-corrected chi connectivity index (χ4v) is 3.23. The molecule has 0 saturated heterocycles. The van der Waals surface area contributed by atoms with E-state index in [-0.39, 0.29) is 18.5 Å². The summed E-state index contributed by atoms with van der Waals surface area (Å²) in [5, 5.41) is 10.2. The second-order valence-electron chi connectivity index (χ2n) is 6.80. The second kappa shape index (κ2) is 8.77. The highest BCUT2D eigenvalue weighted by Gasteiger charge is 2.14. The van der Waals surface area contributed by atoms with Gasteiger partial charge in [0.15, 0.2) is 10.6 Å². The molecule has 3 rings (SSSR count). The minimum Gasteiger partial charge on any atom is -0.352 e. The van der Waals surface area contributed by atoms with Crippen LogP contribution in [0.4, 0.5) is 0 Å². The number of H-pyrrole nitrogens is 1. The summed E-state index contributed by atoms with van der Waals surface area (Å²) in [5.41, 5.74) is 3.34. The van der Waals surface area contributed by atoms with Gasteiger partial charge >= 0.3 is 0 Å². The van der Waals surface area contributed by atoms with E-state index in [0.717, 1.165) is 24.0 Å². The highest BCUT2D eigenvalue weighted by atomic mass is 32.1. The minimum absolute atomic E-state index is 0.0676. The molecule has 0 spiro atoms. The molecule has 0 aliphatic rings. The van der Waals surface area contributed by atoms with Crippen LogP contribution in [0.15, 0.2) is 54.6 Å². The lowest BCUT2D eigenvalue weighted by Crippen LogP contribution is -2.35. The number of aromatic nitrogens is 3. The molecule has 1 heterocycles. The van der Waals surface area contributed by atoms with Crippen molar-refractivity contribution in [3.63, 3.8) is 0 Å². The van der Waals surface area contributed by atoms with Gasteiger partial charge in [-0.3, -0.25) is 14.5 Å². The van der Waals surface area contributed by atoms with Crippen molar-refractivity contribution in [2.24, 2.45) is 0 Å². The van der Waals surface area contributed by atoms with Crippen molar-refractivity contribution in [1.29, 1.82) is 0 Å². The Hall–Kier alpha value is -2.73. The Kier molecular flexibility index (Phi) is 6.19. The van der Waals surface area contributed by atoms with Crippen LogP contribution in [0.1, 0.15) is 24.5 Å². The number of hydrogen-bond donors (Lipinski definition) is 2. The van der Waals surface area contributed by atoms with Gasteiger partial charge in [0.2, 0.25) is 5.91 Å². The highest BCUT2D eigenvalue weighted by molar-refractivity contribution is 7.71. The Morgan fingerprint density at radius 1 is 1.22 bits per heavy atom. The summed E-state index contributed by atoms with van der Waals surface area (Å²) in [4.78, 5) is 12.5. The number of aromatic amines is 1. The number of nitrogens with one attached hydrogen (secondary N) is 2. The van der Waals surface area contributed by atoms with Crippen LogP contribution in [0, 0.1) is 11.7 Å². The van der Waals surface area contributed by atoms with Gasteiger partial charge in [-0.1, -0.05) is 54.1 Å². The van der Waals surface area contributed by atoms with Crippen molar-refractivity contribution in [2.45, 2.75) is 39.3 Å². The van der Waals surface area contributed by atoms with Gasteiger partial charge in [-0.05, 0) is 50.5 Å². The monoisotopic (exact) mass is 380 g/mol. The maximum Gasteiger partial charge on any atom is 0.240 e. The number of amides is 1. The van der Waals surface area contributed by atoms with Crippen LogP contribution in [-0.2, 0) is 17.8 Å². The van der Waals surface area contributed by atoms with Crippen molar-refractivity contribution in [1.82, 2.24) is 20.1 Å². The molecule has 1 unspecified atom stereocenters. The first-order valence-electron chi connectivity index (χ1n) is 9.08. The van der Waals surface area contributed by atoms with Crippen LogP contribution < -0.4 is 5.32 Å². The molecule has 0 aliphatic heterocycles. The molecule has 6 heteroatoms. The molecular formula is C21H24N4OS. The molecule has 27 heavy (non-hydrogen) atoms. The zero-order valence-corrected chi connectivity index (χ0v) is 16.4. The van der Waals surface area contributed by atoms with Crippen molar-refractivity contribution in [3.8, 4) is 11.4 Å². The molecule has 3 aromatic rings. The Morgan fingerprint density at radius 3 is 2.74 bits per heavy atom. The smallest absolute Gasteiger partial charge is 0.240 e. The number of carbonyl (C=O) groups is 1. The summed E-state index contributed by atoms with van der Waals surface area (Å²) >= 11 is 5.32. The standard InChI is InChI=1S/C21H24N4OS/c1-15-7-6-10-18(13-15)20-23-24-21(27)25(20)14-19(26)22-16(2)11-12-17-8-4-3-5-9-17/h3-10,13,16H,11-12,14H2,1-2H3,(H,22,26)(H,24,27). The third kappa shape index (κ3) is 5.14. The Morgan fingerprint density at radius 2 is 2.00 bits per heavy atom. The zero-order chi connectivity index (χ0) is 19.2. The minimum atomic E-state index is -0.0676. The largest absolute Gasteiger partial charge is 0.352 e. The van der Waals surface area contributed by atoms with Crippen molar-refractivity contribution in [3.05, 3.63) is 70.5 Å². The maximum absolute atomic E-state index is 12.5. The molecule has 2 N–H and O–H groups in total. The molecule has 0 radical (unpaired) electrons. The second-order valence-corrected chi connectivity index (χ2v) is 7.19. The van der Waals surface area contributed by atoms with E-state index in [1.54, 1.807) is 4.57 Å². The van der Waals surface area contributed by atoms with E-state index in [4.69, 9.17) is 12.2 Å². The summed E-state index contributed by atoms with van der Waals surface area (Å²) in [6, 6.07) is 18.4. The molecule has 1 amide bonds. The predicted octanol–water partition coefficient (Wildman–Crippen LogP) is 4.05. The topological polar surface area (TPSA) is 62.7 Å². The summed E-state index contributed by atoms with van der Waals surface area (Å²) in [7, 11) is 0. The lowest BCUT2D eigenvalue weighted by atomic mass is 10.1. The molecule has 0 fully saturated rings. The SMILES string of the molecule is Cc1cccc(-c2n[nH]c(=S)n2CC(=O)NC(C)CCc2ccccc2)c1. The highest BCUT2D eigenvalue weighted by Crippen LogP contribution is 2.18. The molecule has 2 aromatic carbocycles. The number of aryl methyl sites for hydroxylation is 2. The Labute approximate surface area is 164 Å². The van der Waals surface area contributed by atoms with Gasteiger partial charge in [0, 0.05) is 11.6 Å². The molecule has 1 aromatic heterocycles. The van der Waals surface area contributed by atoms with E-state index in [0.29, 0.717) is 10.6 Å². The first-order chi connectivity index (χ1) is 13.0. The number of nitrogens with zero attached hydrogens (tertiary/aromatic N) is 2. The molecule has 1 atom stereocenters. The fraction of sp³-hybridized carbons (Fsp3) is 0.286. The number of rotatable bonds is 7. The lowest BCUT2D eigenvalue weighted by molar-refractivity contribution is -0.122. The van der Waals surface area contributed by atoms with Crippen molar-refractivity contribution >= 4 is 18.1 Å². The van der Waals surface area contributed by atoms with E-state index >= 15 is 0 Å². The number of benzene rings is 2. The third-order valence-corrected chi connectivity index (χ3v) is 4.76. The first-order valence-corrected chi connectivity index (χ1v) is 9.49. The van der Waals surface area contributed by atoms with E-state index in [1.807, 2.05) is 56.3 Å². The Bertz CT molecular complexity index is 962. The van der Waals surface area contributed by atoms with Crippen LogP contribution in [0.25, 0.3) is 11.4 Å².